The maximum atomic E-state index is 11.6. The fourth-order valence-corrected chi connectivity index (χ4v) is 3.00. The third-order valence-electron chi connectivity index (χ3n) is 4.16. The number of fused-ring (bicyclic) bond motifs is 1. The summed E-state index contributed by atoms with van der Waals surface area (Å²) in [4.78, 5) is 14.0. The van der Waals surface area contributed by atoms with E-state index in [0.29, 0.717) is 12.2 Å². The zero-order valence-electron chi connectivity index (χ0n) is 12.2. The maximum Gasteiger partial charge on any atom is 0.138 e. The van der Waals surface area contributed by atoms with Crippen LogP contribution < -0.4 is 0 Å². The second-order valence-electron chi connectivity index (χ2n) is 5.63. The Balaban J connectivity index is 1.86. The summed E-state index contributed by atoms with van der Waals surface area (Å²) in [5, 5.41) is 5.97. The van der Waals surface area contributed by atoms with Crippen LogP contribution in [0.5, 0.6) is 0 Å². The summed E-state index contributed by atoms with van der Waals surface area (Å²) in [5.41, 5.74) is 2.33. The molecule has 1 aliphatic rings. The van der Waals surface area contributed by atoms with Crippen LogP contribution in [0.3, 0.4) is 0 Å². The SMILES string of the molecule is CCn1nc(CN2CCC(=O)C(C)C2)c2ccccc21. The number of benzene rings is 1. The number of nitrogens with zero attached hydrogens (tertiary/aromatic N) is 3. The lowest BCUT2D eigenvalue weighted by Crippen LogP contribution is -2.39. The van der Waals surface area contributed by atoms with Crippen molar-refractivity contribution in [3.05, 3.63) is 30.0 Å². The number of carbonyl (C=O) groups is 1. The van der Waals surface area contributed by atoms with Gasteiger partial charge >= 0.3 is 0 Å². The van der Waals surface area contributed by atoms with Gasteiger partial charge in [-0.05, 0) is 13.0 Å². The van der Waals surface area contributed by atoms with Crippen LogP contribution in [0, 0.1) is 5.92 Å². The van der Waals surface area contributed by atoms with Crippen LogP contribution in [-0.4, -0.2) is 33.6 Å². The van der Waals surface area contributed by atoms with Crippen molar-refractivity contribution in [3.63, 3.8) is 0 Å². The zero-order valence-corrected chi connectivity index (χ0v) is 12.2. The van der Waals surface area contributed by atoms with Crippen LogP contribution in [0.1, 0.15) is 26.0 Å². The Labute approximate surface area is 119 Å². The van der Waals surface area contributed by atoms with Crippen molar-refractivity contribution >= 4 is 16.7 Å². The summed E-state index contributed by atoms with van der Waals surface area (Å²) < 4.78 is 2.06. The first-order valence-corrected chi connectivity index (χ1v) is 7.38. The molecule has 1 unspecified atom stereocenters. The second-order valence-corrected chi connectivity index (χ2v) is 5.63. The van der Waals surface area contributed by atoms with Gasteiger partial charge in [-0.2, -0.15) is 5.10 Å². The summed E-state index contributed by atoms with van der Waals surface area (Å²) >= 11 is 0. The van der Waals surface area contributed by atoms with Crippen molar-refractivity contribution in [1.29, 1.82) is 0 Å². The molecule has 1 fully saturated rings. The van der Waals surface area contributed by atoms with E-state index < -0.39 is 0 Å². The molecule has 0 N–H and O–H groups in total. The number of aryl methyl sites for hydroxylation is 1. The Hall–Kier alpha value is -1.68. The molecular formula is C16H21N3O. The molecule has 106 valence electrons. The number of hydrogen-bond donors (Lipinski definition) is 0. The average molecular weight is 271 g/mol. The average Bonchev–Trinajstić information content (AvgIpc) is 2.81. The van der Waals surface area contributed by atoms with Gasteiger partial charge in [0.2, 0.25) is 0 Å². The number of likely N-dealkylation sites (tertiary alicyclic amines) is 1. The molecule has 0 aliphatic carbocycles. The first-order chi connectivity index (χ1) is 9.69. The van der Waals surface area contributed by atoms with Crippen molar-refractivity contribution in [2.45, 2.75) is 33.4 Å². The molecule has 1 saturated heterocycles. The van der Waals surface area contributed by atoms with Gasteiger partial charge in [0, 0.05) is 43.9 Å². The third kappa shape index (κ3) is 2.36. The molecule has 0 spiro atoms. The molecule has 2 aromatic rings. The Bertz CT molecular complexity index is 632. The number of para-hydroxylation sites is 1. The van der Waals surface area contributed by atoms with E-state index in [0.717, 1.165) is 31.9 Å². The molecule has 0 bridgehead atoms. The highest BCUT2D eigenvalue weighted by molar-refractivity contribution is 5.82. The first-order valence-electron chi connectivity index (χ1n) is 7.38. The zero-order chi connectivity index (χ0) is 14.1. The highest BCUT2D eigenvalue weighted by atomic mass is 16.1. The molecule has 3 rings (SSSR count). The van der Waals surface area contributed by atoms with E-state index in [1.165, 1.54) is 10.9 Å². The monoisotopic (exact) mass is 271 g/mol. The highest BCUT2D eigenvalue weighted by Crippen LogP contribution is 2.22. The Morgan fingerprint density at radius 3 is 2.90 bits per heavy atom. The molecule has 2 heterocycles. The quantitative estimate of drug-likeness (QED) is 0.860. The summed E-state index contributed by atoms with van der Waals surface area (Å²) in [7, 11) is 0. The normalized spacial score (nSPS) is 20.7. The van der Waals surface area contributed by atoms with E-state index in [2.05, 4.69) is 40.8 Å². The summed E-state index contributed by atoms with van der Waals surface area (Å²) in [6, 6.07) is 8.39. The molecule has 0 saturated carbocycles. The van der Waals surface area contributed by atoms with Crippen LogP contribution in [0.4, 0.5) is 0 Å². The van der Waals surface area contributed by atoms with Crippen molar-refractivity contribution in [1.82, 2.24) is 14.7 Å². The first kappa shape index (κ1) is 13.3. The lowest BCUT2D eigenvalue weighted by molar-refractivity contribution is -0.125. The number of rotatable bonds is 3. The maximum absolute atomic E-state index is 11.6. The smallest absolute Gasteiger partial charge is 0.138 e. The molecule has 20 heavy (non-hydrogen) atoms. The number of Topliss-reactive ketones (excluding diaryl/α,β-unsaturated/α-hetero) is 1. The van der Waals surface area contributed by atoms with Gasteiger partial charge in [0.05, 0.1) is 11.2 Å². The fourth-order valence-electron chi connectivity index (χ4n) is 3.00. The molecule has 0 radical (unpaired) electrons. The molecular weight excluding hydrogens is 250 g/mol. The molecule has 1 aromatic carbocycles. The van der Waals surface area contributed by atoms with Crippen LogP contribution >= 0.6 is 0 Å². The van der Waals surface area contributed by atoms with Gasteiger partial charge in [0.25, 0.3) is 0 Å². The fraction of sp³-hybridized carbons (Fsp3) is 0.500. The van der Waals surface area contributed by atoms with Crippen molar-refractivity contribution in [2.24, 2.45) is 5.92 Å². The summed E-state index contributed by atoms with van der Waals surface area (Å²) in [5.74, 6) is 0.550. The highest BCUT2D eigenvalue weighted by Gasteiger charge is 2.24. The Morgan fingerprint density at radius 2 is 2.15 bits per heavy atom. The standard InChI is InChI=1S/C16H21N3O/c1-3-19-15-7-5-4-6-13(15)14(17-19)11-18-9-8-16(20)12(2)10-18/h4-7,12H,3,8-11H2,1-2H3. The van der Waals surface area contributed by atoms with Gasteiger partial charge in [0.15, 0.2) is 0 Å². The van der Waals surface area contributed by atoms with Crippen molar-refractivity contribution in [3.8, 4) is 0 Å². The molecule has 1 aromatic heterocycles. The van der Waals surface area contributed by atoms with E-state index in [9.17, 15) is 4.79 Å². The predicted molar refractivity (Wildman–Crippen MR) is 79.5 cm³/mol. The van der Waals surface area contributed by atoms with Crippen LogP contribution in [0.15, 0.2) is 24.3 Å². The third-order valence-corrected chi connectivity index (χ3v) is 4.16. The van der Waals surface area contributed by atoms with Gasteiger partial charge in [0.1, 0.15) is 5.78 Å². The number of piperidine rings is 1. The minimum atomic E-state index is 0.156. The topological polar surface area (TPSA) is 38.1 Å². The van der Waals surface area contributed by atoms with Gasteiger partial charge in [-0.15, -0.1) is 0 Å². The number of hydrogen-bond acceptors (Lipinski definition) is 3. The van der Waals surface area contributed by atoms with Gasteiger partial charge < -0.3 is 0 Å². The van der Waals surface area contributed by atoms with Crippen LogP contribution in [0.2, 0.25) is 0 Å². The predicted octanol–water partition coefficient (Wildman–Crippen LogP) is 2.47. The molecule has 0 amide bonds. The number of aromatic nitrogens is 2. The van der Waals surface area contributed by atoms with E-state index in [4.69, 9.17) is 5.10 Å². The summed E-state index contributed by atoms with van der Waals surface area (Å²) in [6.45, 7) is 7.57. The second kappa shape index (κ2) is 5.37. The molecule has 1 atom stereocenters. The molecule has 4 heteroatoms. The minimum absolute atomic E-state index is 0.156. The van der Waals surface area contributed by atoms with E-state index in [-0.39, 0.29) is 5.92 Å². The van der Waals surface area contributed by atoms with E-state index in [1.807, 2.05) is 6.92 Å². The van der Waals surface area contributed by atoms with Crippen LogP contribution in [-0.2, 0) is 17.9 Å². The Morgan fingerprint density at radius 1 is 1.35 bits per heavy atom. The largest absolute Gasteiger partial charge is 0.299 e. The van der Waals surface area contributed by atoms with E-state index >= 15 is 0 Å². The van der Waals surface area contributed by atoms with Crippen molar-refractivity contribution in [2.75, 3.05) is 13.1 Å². The number of carbonyl (C=O) groups excluding carboxylic acids is 1. The summed E-state index contributed by atoms with van der Waals surface area (Å²) in [6.07, 6.45) is 0.674. The van der Waals surface area contributed by atoms with Crippen molar-refractivity contribution < 1.29 is 4.79 Å². The molecule has 4 nitrogen and oxygen atoms in total. The number of ketones is 1. The van der Waals surface area contributed by atoms with Crippen LogP contribution in [0.25, 0.3) is 10.9 Å². The minimum Gasteiger partial charge on any atom is -0.299 e. The van der Waals surface area contributed by atoms with Gasteiger partial charge in [-0.1, -0.05) is 25.1 Å². The van der Waals surface area contributed by atoms with E-state index in [1.54, 1.807) is 0 Å². The lowest BCUT2D eigenvalue weighted by atomic mass is 9.98. The Kier molecular flexibility index (Phi) is 3.57. The molecule has 1 aliphatic heterocycles. The van der Waals surface area contributed by atoms with Gasteiger partial charge in [-0.3, -0.25) is 14.4 Å². The lowest BCUT2D eigenvalue weighted by Gasteiger charge is -2.29. The van der Waals surface area contributed by atoms with Gasteiger partial charge in [-0.25, -0.2) is 0 Å².